The first-order chi connectivity index (χ1) is 19.6. The molecule has 0 spiro atoms. The summed E-state index contributed by atoms with van der Waals surface area (Å²) in [6.45, 7) is 5.48. The summed E-state index contributed by atoms with van der Waals surface area (Å²) in [5.41, 5.74) is 1.78. The number of rotatable bonds is 12. The monoisotopic (exact) mass is 659 g/mol. The molecule has 1 heterocycles. The summed E-state index contributed by atoms with van der Waals surface area (Å²) < 4.78 is 22.3. The second-order valence-corrected chi connectivity index (χ2v) is 10.9. The fourth-order valence-electron chi connectivity index (χ4n) is 3.84. The third kappa shape index (κ3) is 7.97. The minimum absolute atomic E-state index is 0.121. The zero-order chi connectivity index (χ0) is 30.1. The molecule has 0 fully saturated rings. The van der Waals surface area contributed by atoms with Gasteiger partial charge in [-0.3, -0.25) is 4.79 Å². The fraction of sp³-hybridized carbons (Fsp3) is 0.267. The van der Waals surface area contributed by atoms with E-state index in [9.17, 15) is 19.6 Å². The predicted octanol–water partition coefficient (Wildman–Crippen LogP) is 7.13. The smallest absolute Gasteiger partial charge is 0.348 e. The molecule has 41 heavy (non-hydrogen) atoms. The molecule has 0 saturated carbocycles. The first kappa shape index (κ1) is 31.9. The molecule has 0 aliphatic rings. The van der Waals surface area contributed by atoms with E-state index >= 15 is 0 Å². The van der Waals surface area contributed by atoms with Crippen molar-refractivity contribution in [1.29, 1.82) is 5.26 Å². The lowest BCUT2D eigenvalue weighted by molar-refractivity contribution is -0.114. The molecular weight excluding hydrogens is 634 g/mol. The van der Waals surface area contributed by atoms with Crippen LogP contribution in [0.4, 0.5) is 0 Å². The summed E-state index contributed by atoms with van der Waals surface area (Å²) >= 11 is 10.4. The molecule has 0 bridgehead atoms. The minimum atomic E-state index is -0.648. The lowest BCUT2D eigenvalue weighted by Gasteiger charge is -2.14. The van der Waals surface area contributed by atoms with Gasteiger partial charge in [-0.25, -0.2) is 9.59 Å². The normalized spacial score (nSPS) is 11.0. The summed E-state index contributed by atoms with van der Waals surface area (Å²) in [5.74, 6) is -0.936. The van der Waals surface area contributed by atoms with E-state index in [4.69, 9.17) is 30.5 Å². The second kappa shape index (κ2) is 14.8. The van der Waals surface area contributed by atoms with Crippen molar-refractivity contribution in [2.45, 2.75) is 33.8 Å². The Balaban J connectivity index is 1.90. The molecule has 8 nitrogen and oxygen atoms in total. The molecule has 0 aliphatic carbocycles. The Labute approximate surface area is 255 Å². The van der Waals surface area contributed by atoms with Crippen molar-refractivity contribution in [3.8, 4) is 17.6 Å². The number of nitrogens with zero attached hydrogens (tertiary/aromatic N) is 1. The SMILES string of the molecule is CCOC(=O)c1sc(CC(=O)/C(C#N)=C/c2cc(Br)c(OCc3ccc(Cl)cc3)c(OC)c2)c(C(=O)OCC)c1C. The number of esters is 2. The van der Waals surface area contributed by atoms with Gasteiger partial charge in [-0.1, -0.05) is 23.7 Å². The van der Waals surface area contributed by atoms with Crippen LogP contribution in [-0.4, -0.2) is 38.0 Å². The Hall–Kier alpha value is -3.65. The minimum Gasteiger partial charge on any atom is -0.493 e. The summed E-state index contributed by atoms with van der Waals surface area (Å²) in [4.78, 5) is 38.9. The van der Waals surface area contributed by atoms with E-state index in [0.717, 1.165) is 16.9 Å². The van der Waals surface area contributed by atoms with E-state index in [-0.39, 0.29) is 42.3 Å². The van der Waals surface area contributed by atoms with Crippen LogP contribution in [0.1, 0.15) is 55.4 Å². The predicted molar refractivity (Wildman–Crippen MR) is 160 cm³/mol. The van der Waals surface area contributed by atoms with Gasteiger partial charge in [0.25, 0.3) is 0 Å². The quantitative estimate of drug-likeness (QED) is 0.115. The number of hydrogen-bond donors (Lipinski definition) is 0. The fourth-order valence-corrected chi connectivity index (χ4v) is 5.73. The zero-order valence-electron chi connectivity index (χ0n) is 22.8. The summed E-state index contributed by atoms with van der Waals surface area (Å²) in [6, 6.07) is 12.5. The Bertz CT molecular complexity index is 1520. The molecule has 0 atom stereocenters. The second-order valence-electron chi connectivity index (χ2n) is 8.51. The molecule has 0 radical (unpaired) electrons. The molecule has 0 N–H and O–H groups in total. The average molecular weight is 661 g/mol. The van der Waals surface area contributed by atoms with Crippen molar-refractivity contribution < 1.29 is 33.3 Å². The van der Waals surface area contributed by atoms with Gasteiger partial charge in [0.15, 0.2) is 17.3 Å². The van der Waals surface area contributed by atoms with Crippen molar-refractivity contribution in [1.82, 2.24) is 0 Å². The Morgan fingerprint density at radius 1 is 1.07 bits per heavy atom. The average Bonchev–Trinajstić information content (AvgIpc) is 3.27. The summed E-state index contributed by atoms with van der Waals surface area (Å²) in [6.07, 6.45) is 1.15. The standard InChI is InChI=1S/C30H27BrClNO7S/c1-5-38-29(35)26-17(3)28(30(36)39-6-2)41-25(26)14-23(34)20(15-33)11-19-12-22(31)27(24(13-19)37-4)40-16-18-7-9-21(32)10-8-18/h7-13H,5-6,14,16H2,1-4H3/b20-11+. The number of nitriles is 1. The van der Waals surface area contributed by atoms with Crippen LogP contribution in [0.25, 0.3) is 6.08 Å². The molecule has 3 rings (SSSR count). The van der Waals surface area contributed by atoms with Gasteiger partial charge in [-0.15, -0.1) is 11.3 Å². The van der Waals surface area contributed by atoms with Crippen LogP contribution in [-0.2, 0) is 27.3 Å². The van der Waals surface area contributed by atoms with E-state index in [2.05, 4.69) is 15.9 Å². The van der Waals surface area contributed by atoms with Crippen LogP contribution in [0.3, 0.4) is 0 Å². The van der Waals surface area contributed by atoms with Crippen LogP contribution < -0.4 is 9.47 Å². The number of halogens is 2. The van der Waals surface area contributed by atoms with Crippen molar-refractivity contribution in [3.05, 3.63) is 83.5 Å². The summed E-state index contributed by atoms with van der Waals surface area (Å²) in [5, 5.41) is 10.4. The number of benzene rings is 2. The highest BCUT2D eigenvalue weighted by Gasteiger charge is 2.28. The Morgan fingerprint density at radius 2 is 1.73 bits per heavy atom. The van der Waals surface area contributed by atoms with Crippen LogP contribution in [0.5, 0.6) is 11.5 Å². The lowest BCUT2D eigenvalue weighted by atomic mass is 10.0. The van der Waals surface area contributed by atoms with E-state index in [1.165, 1.54) is 13.2 Å². The van der Waals surface area contributed by atoms with Gasteiger partial charge in [-0.05, 0) is 83.7 Å². The number of Topliss-reactive ketones (excluding diaryl/α,β-unsaturated/α-hetero) is 1. The molecule has 0 unspecified atom stereocenters. The van der Waals surface area contributed by atoms with E-state index < -0.39 is 17.7 Å². The number of carbonyl (C=O) groups is 3. The number of hydrogen-bond acceptors (Lipinski definition) is 9. The number of allylic oxidation sites excluding steroid dienone is 1. The topological polar surface area (TPSA) is 112 Å². The highest BCUT2D eigenvalue weighted by Crippen LogP contribution is 2.38. The molecular formula is C30H27BrClNO7S. The maximum Gasteiger partial charge on any atom is 0.348 e. The largest absolute Gasteiger partial charge is 0.493 e. The van der Waals surface area contributed by atoms with Crippen LogP contribution in [0.15, 0.2) is 46.4 Å². The van der Waals surface area contributed by atoms with Gasteiger partial charge >= 0.3 is 11.9 Å². The van der Waals surface area contributed by atoms with Crippen molar-refractivity contribution in [2.24, 2.45) is 0 Å². The van der Waals surface area contributed by atoms with Crippen LogP contribution >= 0.6 is 38.9 Å². The Kier molecular flexibility index (Phi) is 11.5. The lowest BCUT2D eigenvalue weighted by Crippen LogP contribution is -2.12. The number of methoxy groups -OCH3 is 1. The van der Waals surface area contributed by atoms with E-state index in [0.29, 0.717) is 37.0 Å². The van der Waals surface area contributed by atoms with Gasteiger partial charge < -0.3 is 18.9 Å². The Morgan fingerprint density at radius 3 is 2.34 bits per heavy atom. The zero-order valence-corrected chi connectivity index (χ0v) is 26.0. The first-order valence-electron chi connectivity index (χ1n) is 12.5. The highest BCUT2D eigenvalue weighted by atomic mass is 79.9. The number of thiophene rings is 1. The molecule has 11 heteroatoms. The van der Waals surface area contributed by atoms with E-state index in [1.54, 1.807) is 45.0 Å². The van der Waals surface area contributed by atoms with Gasteiger partial charge in [0, 0.05) is 16.3 Å². The maximum absolute atomic E-state index is 13.3. The highest BCUT2D eigenvalue weighted by molar-refractivity contribution is 9.10. The number of ketones is 1. The van der Waals surface area contributed by atoms with Crippen LogP contribution in [0, 0.1) is 18.3 Å². The van der Waals surface area contributed by atoms with Crippen molar-refractivity contribution in [2.75, 3.05) is 20.3 Å². The molecule has 0 aliphatic heterocycles. The molecule has 214 valence electrons. The number of carbonyl (C=O) groups excluding carboxylic acids is 3. The van der Waals surface area contributed by atoms with Gasteiger partial charge in [0.1, 0.15) is 17.6 Å². The van der Waals surface area contributed by atoms with Crippen molar-refractivity contribution in [3.63, 3.8) is 0 Å². The molecule has 0 amide bonds. The van der Waals surface area contributed by atoms with Gasteiger partial charge in [-0.2, -0.15) is 5.26 Å². The van der Waals surface area contributed by atoms with E-state index in [1.807, 2.05) is 18.2 Å². The number of ether oxygens (including phenoxy) is 4. The molecule has 3 aromatic rings. The van der Waals surface area contributed by atoms with Crippen molar-refractivity contribution >= 4 is 62.7 Å². The van der Waals surface area contributed by atoms with Gasteiger partial charge in [0.05, 0.1) is 35.9 Å². The third-order valence-corrected chi connectivity index (χ3v) is 7.87. The van der Waals surface area contributed by atoms with Crippen LogP contribution in [0.2, 0.25) is 5.02 Å². The molecule has 0 saturated heterocycles. The van der Waals surface area contributed by atoms with Gasteiger partial charge in [0.2, 0.25) is 0 Å². The summed E-state index contributed by atoms with van der Waals surface area (Å²) in [7, 11) is 1.48. The molecule has 1 aromatic heterocycles. The third-order valence-electron chi connectivity index (χ3n) is 5.76. The molecule has 2 aromatic carbocycles. The first-order valence-corrected chi connectivity index (χ1v) is 14.5. The maximum atomic E-state index is 13.3.